The monoisotopic (exact) mass is 272 g/mol. The Morgan fingerprint density at radius 2 is 1.80 bits per heavy atom. The molecule has 2 rings (SSSR count). The number of Topliss-reactive ketones (excluding diaryl/α,β-unsaturated/α-hetero) is 1. The Kier molecular flexibility index (Phi) is 4.30. The molecule has 0 atom stereocenters. The summed E-state index contributed by atoms with van der Waals surface area (Å²) in [5.41, 5.74) is -0.0364. The van der Waals surface area contributed by atoms with E-state index in [1.54, 1.807) is 19.2 Å². The molecule has 1 heterocycles. The van der Waals surface area contributed by atoms with Crippen LogP contribution in [0.2, 0.25) is 0 Å². The summed E-state index contributed by atoms with van der Waals surface area (Å²) in [6.07, 6.45) is 2.22. The molecule has 1 aromatic carbocycles. The van der Waals surface area contributed by atoms with Crippen molar-refractivity contribution in [2.75, 3.05) is 0 Å². The molecule has 0 saturated carbocycles. The van der Waals surface area contributed by atoms with Gasteiger partial charge in [-0.25, -0.2) is 4.79 Å². The van der Waals surface area contributed by atoms with Crippen molar-refractivity contribution in [2.45, 2.75) is 19.4 Å². The highest BCUT2D eigenvalue weighted by Gasteiger charge is 2.07. The molecular formula is C15H16N2O3. The van der Waals surface area contributed by atoms with E-state index < -0.39 is 0 Å². The van der Waals surface area contributed by atoms with Crippen LogP contribution >= 0.6 is 0 Å². The zero-order valence-electron chi connectivity index (χ0n) is 11.3. The van der Waals surface area contributed by atoms with Gasteiger partial charge < -0.3 is 4.57 Å². The molecule has 5 nitrogen and oxygen atoms in total. The maximum Gasteiger partial charge on any atom is 0.330 e. The van der Waals surface area contributed by atoms with Gasteiger partial charge in [0.05, 0.1) is 0 Å². The number of rotatable bonds is 5. The fraction of sp³-hybridized carbons (Fsp3) is 0.267. The van der Waals surface area contributed by atoms with Gasteiger partial charge in [0.15, 0.2) is 5.78 Å². The number of hydrogen-bond acceptors (Lipinski definition) is 3. The van der Waals surface area contributed by atoms with Crippen LogP contribution in [0.15, 0.2) is 52.2 Å². The highest BCUT2D eigenvalue weighted by atomic mass is 16.2. The predicted molar refractivity (Wildman–Crippen MR) is 75.9 cm³/mol. The molecule has 0 saturated heterocycles. The Morgan fingerprint density at radius 3 is 2.50 bits per heavy atom. The van der Waals surface area contributed by atoms with Gasteiger partial charge in [-0.3, -0.25) is 14.2 Å². The van der Waals surface area contributed by atoms with Crippen molar-refractivity contribution in [3.05, 3.63) is 69.0 Å². The van der Waals surface area contributed by atoms with Gasteiger partial charge in [-0.1, -0.05) is 30.3 Å². The van der Waals surface area contributed by atoms with Crippen molar-refractivity contribution in [2.24, 2.45) is 7.05 Å². The Bertz CT molecular complexity index is 714. The van der Waals surface area contributed by atoms with E-state index in [0.717, 1.165) is 4.57 Å². The summed E-state index contributed by atoms with van der Waals surface area (Å²) in [7, 11) is 1.59. The molecule has 0 unspecified atom stereocenters. The first-order chi connectivity index (χ1) is 9.59. The molecule has 20 heavy (non-hydrogen) atoms. The summed E-state index contributed by atoms with van der Waals surface area (Å²) in [6, 6.07) is 10.3. The normalized spacial score (nSPS) is 10.4. The molecule has 0 N–H and O–H groups in total. The number of carbonyl (C=O) groups excluding carboxylic acids is 1. The second-order valence-corrected chi connectivity index (χ2v) is 4.59. The van der Waals surface area contributed by atoms with E-state index >= 15 is 0 Å². The van der Waals surface area contributed by atoms with E-state index in [2.05, 4.69) is 0 Å². The van der Waals surface area contributed by atoms with Crippen LogP contribution in [0.4, 0.5) is 0 Å². The first-order valence-corrected chi connectivity index (χ1v) is 6.44. The minimum absolute atomic E-state index is 0.0198. The fourth-order valence-electron chi connectivity index (χ4n) is 1.99. The molecule has 0 fully saturated rings. The van der Waals surface area contributed by atoms with E-state index in [4.69, 9.17) is 0 Å². The Labute approximate surface area is 116 Å². The van der Waals surface area contributed by atoms with Crippen molar-refractivity contribution in [1.82, 2.24) is 9.13 Å². The molecule has 2 aromatic rings. The third kappa shape index (κ3) is 3.12. The van der Waals surface area contributed by atoms with E-state index in [-0.39, 0.29) is 23.6 Å². The Balaban J connectivity index is 2.01. The SMILES string of the molecule is Cn1ccc(=O)n(CCCC(=O)c2ccccc2)c1=O. The number of nitrogens with zero attached hydrogens (tertiary/aromatic N) is 2. The molecule has 0 spiro atoms. The van der Waals surface area contributed by atoms with Crippen LogP contribution in [0.3, 0.4) is 0 Å². The predicted octanol–water partition coefficient (Wildman–Crippen LogP) is 1.21. The van der Waals surface area contributed by atoms with Crippen LogP contribution in [0.5, 0.6) is 0 Å². The van der Waals surface area contributed by atoms with Gasteiger partial charge >= 0.3 is 5.69 Å². The smallest absolute Gasteiger partial charge is 0.303 e. The van der Waals surface area contributed by atoms with Crippen molar-refractivity contribution < 1.29 is 4.79 Å². The third-order valence-corrected chi connectivity index (χ3v) is 3.12. The first-order valence-electron chi connectivity index (χ1n) is 6.44. The van der Waals surface area contributed by atoms with Crippen LogP contribution < -0.4 is 11.2 Å². The molecule has 0 aliphatic rings. The highest BCUT2D eigenvalue weighted by molar-refractivity contribution is 5.95. The lowest BCUT2D eigenvalue weighted by molar-refractivity contribution is 0.0978. The summed E-state index contributed by atoms with van der Waals surface area (Å²) < 4.78 is 2.50. The van der Waals surface area contributed by atoms with E-state index in [1.807, 2.05) is 18.2 Å². The number of aryl methyl sites for hydroxylation is 1. The molecular weight excluding hydrogens is 256 g/mol. The molecule has 0 amide bonds. The molecule has 0 aliphatic carbocycles. The second kappa shape index (κ2) is 6.14. The molecule has 5 heteroatoms. The van der Waals surface area contributed by atoms with Gasteiger partial charge in [0.25, 0.3) is 5.56 Å². The van der Waals surface area contributed by atoms with Gasteiger partial charge in [0.2, 0.25) is 0 Å². The van der Waals surface area contributed by atoms with Gasteiger partial charge in [-0.2, -0.15) is 0 Å². The van der Waals surface area contributed by atoms with Crippen LogP contribution in [0.1, 0.15) is 23.2 Å². The Morgan fingerprint density at radius 1 is 1.10 bits per heavy atom. The topological polar surface area (TPSA) is 61.1 Å². The molecule has 104 valence electrons. The standard InChI is InChI=1S/C15H16N2O3/c1-16-11-9-14(19)17(15(16)20)10-5-8-13(18)12-6-3-2-4-7-12/h2-4,6-7,9,11H,5,8,10H2,1H3. The third-order valence-electron chi connectivity index (χ3n) is 3.12. The maximum atomic E-state index is 11.9. The van der Waals surface area contributed by atoms with Gasteiger partial charge in [0, 0.05) is 37.8 Å². The van der Waals surface area contributed by atoms with Gasteiger partial charge in [0.1, 0.15) is 0 Å². The summed E-state index contributed by atoms with van der Waals surface area (Å²) in [5.74, 6) is 0.0198. The molecule has 0 radical (unpaired) electrons. The average molecular weight is 272 g/mol. The maximum absolute atomic E-state index is 11.9. The fourth-order valence-corrected chi connectivity index (χ4v) is 1.99. The minimum atomic E-state index is -0.357. The molecule has 0 aliphatic heterocycles. The van der Waals surface area contributed by atoms with Crippen molar-refractivity contribution in [3.8, 4) is 0 Å². The average Bonchev–Trinajstić information content (AvgIpc) is 2.47. The molecule has 0 bridgehead atoms. The second-order valence-electron chi connectivity index (χ2n) is 4.59. The van der Waals surface area contributed by atoms with E-state index in [9.17, 15) is 14.4 Å². The summed E-state index contributed by atoms with van der Waals surface area (Å²) >= 11 is 0. The lowest BCUT2D eigenvalue weighted by Crippen LogP contribution is -2.38. The largest absolute Gasteiger partial charge is 0.330 e. The van der Waals surface area contributed by atoms with Crippen LogP contribution in [0.25, 0.3) is 0 Å². The lowest BCUT2D eigenvalue weighted by Gasteiger charge is -2.06. The van der Waals surface area contributed by atoms with Crippen LogP contribution in [-0.2, 0) is 13.6 Å². The summed E-state index contributed by atoms with van der Waals surface area (Å²) in [4.78, 5) is 35.3. The van der Waals surface area contributed by atoms with Crippen LogP contribution in [0, 0.1) is 0 Å². The Hall–Kier alpha value is -2.43. The van der Waals surface area contributed by atoms with Crippen molar-refractivity contribution in [3.63, 3.8) is 0 Å². The number of benzene rings is 1. The zero-order chi connectivity index (χ0) is 14.5. The number of ketones is 1. The zero-order valence-corrected chi connectivity index (χ0v) is 11.3. The molecule has 1 aromatic heterocycles. The number of aromatic nitrogens is 2. The van der Waals surface area contributed by atoms with Gasteiger partial charge in [-0.15, -0.1) is 0 Å². The van der Waals surface area contributed by atoms with E-state index in [1.165, 1.54) is 16.8 Å². The van der Waals surface area contributed by atoms with Gasteiger partial charge in [-0.05, 0) is 6.42 Å². The van der Waals surface area contributed by atoms with E-state index in [0.29, 0.717) is 18.4 Å². The lowest BCUT2D eigenvalue weighted by atomic mass is 10.1. The van der Waals surface area contributed by atoms with Crippen molar-refractivity contribution >= 4 is 5.78 Å². The highest BCUT2D eigenvalue weighted by Crippen LogP contribution is 2.05. The minimum Gasteiger partial charge on any atom is -0.303 e. The van der Waals surface area contributed by atoms with Crippen LogP contribution in [-0.4, -0.2) is 14.9 Å². The quantitative estimate of drug-likeness (QED) is 0.769. The number of hydrogen-bond donors (Lipinski definition) is 0. The number of carbonyl (C=O) groups is 1. The van der Waals surface area contributed by atoms with Crippen molar-refractivity contribution in [1.29, 1.82) is 0 Å². The summed E-state index contributed by atoms with van der Waals surface area (Å²) in [5, 5.41) is 0. The first kappa shape index (κ1) is 14.0. The summed E-state index contributed by atoms with van der Waals surface area (Å²) in [6.45, 7) is 0.255.